The van der Waals surface area contributed by atoms with Crippen molar-refractivity contribution in [1.29, 1.82) is 0 Å². The molecule has 0 radical (unpaired) electrons. The van der Waals surface area contributed by atoms with Crippen LogP contribution in [0.2, 0.25) is 0 Å². The third-order valence-electron chi connectivity index (χ3n) is 1.21. The first-order valence-electron chi connectivity index (χ1n) is 5.17. The molecule has 1 aromatic carbocycles. The molecule has 0 fully saturated rings. The Morgan fingerprint density at radius 1 is 1.30 bits per heavy atom. The van der Waals surface area contributed by atoms with E-state index in [1.165, 1.54) is 0 Å². The minimum absolute atomic E-state index is 0.0937. The molecule has 0 unspecified atom stereocenters. The van der Waals surface area contributed by atoms with Crippen molar-refractivity contribution in [3.8, 4) is 5.75 Å². The summed E-state index contributed by atoms with van der Waals surface area (Å²) in [5, 5.41) is 9.26. The summed E-state index contributed by atoms with van der Waals surface area (Å²) >= 11 is 0. The largest absolute Gasteiger partial charge is 0.508 e. The number of rotatable bonds is 1. The van der Waals surface area contributed by atoms with Crippen LogP contribution in [0.3, 0.4) is 0 Å². The molecule has 1 N–H and O–H groups in total. The molecular formula is C9H12O. The molecular weight excluding hydrogens is 124 g/mol. The number of hydrogen-bond acceptors (Lipinski definition) is 1. The van der Waals surface area contributed by atoms with Crippen LogP contribution in [0.25, 0.3) is 0 Å². The molecule has 10 heavy (non-hydrogen) atoms. The van der Waals surface area contributed by atoms with Gasteiger partial charge in [0.1, 0.15) is 5.75 Å². The lowest BCUT2D eigenvalue weighted by atomic mass is 10.0. The molecule has 0 heterocycles. The van der Waals surface area contributed by atoms with Crippen LogP contribution in [0.5, 0.6) is 5.75 Å². The number of benzene rings is 1. The fraction of sp³-hybridized carbons (Fsp3) is 0.333. The van der Waals surface area contributed by atoms with Gasteiger partial charge >= 0.3 is 0 Å². The quantitative estimate of drug-likeness (QED) is 0.635. The Morgan fingerprint density at radius 3 is 2.20 bits per heavy atom. The molecule has 0 bridgehead atoms. The fourth-order valence-corrected chi connectivity index (χ4v) is 0.604. The van der Waals surface area contributed by atoms with Crippen LogP contribution in [0.15, 0.2) is 24.2 Å². The standard InChI is InChI=1S/C9H12O/c1-7(2)8-3-5-9(10)6-4-8/h3-7,10H,1-2H3/i3D,4D,5D,6D. The Bertz CT molecular complexity index is 345. The van der Waals surface area contributed by atoms with Gasteiger partial charge in [-0.1, -0.05) is 25.9 Å². The average Bonchev–Trinajstić information content (AvgIpc) is 2.11. The third kappa shape index (κ3) is 1.50. The molecule has 0 spiro atoms. The van der Waals surface area contributed by atoms with Gasteiger partial charge in [-0.3, -0.25) is 0 Å². The number of phenols is 1. The van der Waals surface area contributed by atoms with E-state index < -0.39 is 5.75 Å². The van der Waals surface area contributed by atoms with E-state index in [0.29, 0.717) is 5.56 Å². The Hall–Kier alpha value is -0.980. The topological polar surface area (TPSA) is 20.2 Å². The van der Waals surface area contributed by atoms with Gasteiger partial charge in [-0.05, 0) is 23.6 Å². The fourth-order valence-electron chi connectivity index (χ4n) is 0.604. The minimum Gasteiger partial charge on any atom is -0.508 e. The first kappa shape index (κ1) is 3.42. The molecule has 0 aliphatic heterocycles. The van der Waals surface area contributed by atoms with Gasteiger partial charge in [-0.15, -0.1) is 0 Å². The zero-order valence-electron chi connectivity index (χ0n) is 10.0. The molecule has 1 rings (SSSR count). The van der Waals surface area contributed by atoms with Gasteiger partial charge in [0.15, 0.2) is 0 Å². The molecule has 54 valence electrons. The van der Waals surface area contributed by atoms with Crippen LogP contribution < -0.4 is 0 Å². The van der Waals surface area contributed by atoms with Gasteiger partial charge < -0.3 is 5.11 Å². The lowest BCUT2D eigenvalue weighted by Gasteiger charge is -2.03. The van der Waals surface area contributed by atoms with Gasteiger partial charge in [-0.25, -0.2) is 0 Å². The summed E-state index contributed by atoms with van der Waals surface area (Å²) in [4.78, 5) is 0. The van der Waals surface area contributed by atoms with Crippen LogP contribution >= 0.6 is 0 Å². The second-order valence-electron chi connectivity index (χ2n) is 2.42. The maximum Gasteiger partial charge on any atom is 0.115 e. The molecule has 0 saturated heterocycles. The van der Waals surface area contributed by atoms with E-state index >= 15 is 0 Å². The number of phenolic OH excluding ortho intramolecular Hbond substituents is 1. The van der Waals surface area contributed by atoms with Crippen molar-refractivity contribution < 1.29 is 10.6 Å². The van der Waals surface area contributed by atoms with E-state index in [4.69, 9.17) is 5.48 Å². The maximum absolute atomic E-state index is 9.26. The van der Waals surface area contributed by atoms with Crippen molar-refractivity contribution >= 4 is 0 Å². The van der Waals surface area contributed by atoms with E-state index in [2.05, 4.69) is 0 Å². The third-order valence-corrected chi connectivity index (χ3v) is 1.21. The van der Waals surface area contributed by atoms with Crippen LogP contribution in [-0.2, 0) is 0 Å². The Kier molecular flexibility index (Phi) is 0.936. The first-order valence-corrected chi connectivity index (χ1v) is 3.17. The zero-order valence-corrected chi connectivity index (χ0v) is 6.02. The Morgan fingerprint density at radius 2 is 1.80 bits per heavy atom. The molecule has 1 aromatic rings. The van der Waals surface area contributed by atoms with Gasteiger partial charge in [0.05, 0.1) is 5.48 Å². The van der Waals surface area contributed by atoms with E-state index in [1.54, 1.807) is 13.8 Å². The lowest BCUT2D eigenvalue weighted by Crippen LogP contribution is -1.84. The summed E-state index contributed by atoms with van der Waals surface area (Å²) in [7, 11) is 0. The highest BCUT2D eigenvalue weighted by atomic mass is 16.3. The summed E-state index contributed by atoms with van der Waals surface area (Å²) in [6.07, 6.45) is 0. The van der Waals surface area contributed by atoms with E-state index in [-0.39, 0.29) is 30.1 Å². The average molecular weight is 140 g/mol. The minimum atomic E-state index is -0.579. The highest BCUT2D eigenvalue weighted by molar-refractivity contribution is 5.27. The molecule has 0 aromatic heterocycles. The molecule has 1 heteroatoms. The molecule has 0 amide bonds. The highest BCUT2D eigenvalue weighted by Gasteiger charge is 1.96. The normalized spacial score (nSPS) is 15.9. The summed E-state index contributed by atoms with van der Waals surface area (Å²) in [5.74, 6) is -0.673. The zero-order chi connectivity index (χ0) is 11.0. The molecule has 0 aliphatic carbocycles. The van der Waals surface area contributed by atoms with Crippen molar-refractivity contribution in [1.82, 2.24) is 0 Å². The summed E-state index contributed by atoms with van der Waals surface area (Å²) < 4.78 is 29.9. The van der Waals surface area contributed by atoms with Crippen molar-refractivity contribution in [3.05, 3.63) is 29.7 Å². The molecule has 0 aliphatic rings. The second-order valence-corrected chi connectivity index (χ2v) is 2.42. The smallest absolute Gasteiger partial charge is 0.115 e. The van der Waals surface area contributed by atoms with E-state index in [1.807, 2.05) is 0 Å². The van der Waals surface area contributed by atoms with Gasteiger partial charge in [-0.2, -0.15) is 0 Å². The van der Waals surface area contributed by atoms with Crippen LogP contribution in [0, 0.1) is 0 Å². The van der Waals surface area contributed by atoms with E-state index in [9.17, 15) is 5.11 Å². The Labute approximate surface area is 66.9 Å². The Balaban J connectivity index is 3.60. The van der Waals surface area contributed by atoms with Gasteiger partial charge in [0, 0.05) is 0 Å². The number of aromatic hydroxyl groups is 1. The van der Waals surface area contributed by atoms with Gasteiger partial charge in [0.2, 0.25) is 0 Å². The van der Waals surface area contributed by atoms with Crippen LogP contribution in [0.1, 0.15) is 30.8 Å². The van der Waals surface area contributed by atoms with Crippen molar-refractivity contribution in [2.75, 3.05) is 0 Å². The monoisotopic (exact) mass is 140 g/mol. The maximum atomic E-state index is 9.26. The van der Waals surface area contributed by atoms with Crippen LogP contribution in [-0.4, -0.2) is 5.11 Å². The predicted molar refractivity (Wildman–Crippen MR) is 42.2 cm³/mol. The summed E-state index contributed by atoms with van der Waals surface area (Å²) in [6.45, 7) is 3.59. The second kappa shape index (κ2) is 2.74. The lowest BCUT2D eigenvalue weighted by molar-refractivity contribution is 0.475. The SMILES string of the molecule is [2H]c1c([2H])c(C(C)C)c([2H])c([2H])c1O. The molecule has 0 atom stereocenters. The van der Waals surface area contributed by atoms with Gasteiger partial charge in [0.25, 0.3) is 0 Å². The van der Waals surface area contributed by atoms with Crippen molar-refractivity contribution in [3.63, 3.8) is 0 Å². The van der Waals surface area contributed by atoms with E-state index in [0.717, 1.165) is 0 Å². The molecule has 1 nitrogen and oxygen atoms in total. The van der Waals surface area contributed by atoms with Crippen molar-refractivity contribution in [2.24, 2.45) is 0 Å². The summed E-state index contributed by atoms with van der Waals surface area (Å²) in [6, 6.07) is -1.04. The van der Waals surface area contributed by atoms with Crippen LogP contribution in [0.4, 0.5) is 0 Å². The molecule has 0 saturated carbocycles. The van der Waals surface area contributed by atoms with Crippen molar-refractivity contribution in [2.45, 2.75) is 19.8 Å². The first-order chi connectivity index (χ1) is 6.37. The summed E-state index contributed by atoms with van der Waals surface area (Å²) in [5.41, 5.74) is 0.345. The predicted octanol–water partition coefficient (Wildman–Crippen LogP) is 2.52. The highest BCUT2D eigenvalue weighted by Crippen LogP contribution is 2.16. The number of hydrogen-bond donors (Lipinski definition) is 1.